The first kappa shape index (κ1) is 20.4. The number of rotatable bonds is 5. The highest BCUT2D eigenvalue weighted by molar-refractivity contribution is 7.10. The molecule has 0 unspecified atom stereocenters. The topological polar surface area (TPSA) is 40.5 Å². The van der Waals surface area contributed by atoms with E-state index in [1.807, 2.05) is 6.92 Å². The van der Waals surface area contributed by atoms with Gasteiger partial charge >= 0.3 is 5.97 Å². The molecule has 3 rings (SSSR count). The van der Waals surface area contributed by atoms with Crippen LogP contribution in [0.25, 0.3) is 0 Å². The summed E-state index contributed by atoms with van der Waals surface area (Å²) in [5.41, 5.74) is 3.32. The molecule has 1 saturated heterocycles. The van der Waals surface area contributed by atoms with Crippen molar-refractivity contribution in [3.05, 3.63) is 69.9 Å². The summed E-state index contributed by atoms with van der Waals surface area (Å²) in [6, 6.07) is 13.0. The van der Waals surface area contributed by atoms with Crippen molar-refractivity contribution in [3.63, 3.8) is 0 Å². The van der Waals surface area contributed by atoms with Crippen molar-refractivity contribution in [2.75, 3.05) is 6.54 Å². The van der Waals surface area contributed by atoms with Gasteiger partial charge in [0.05, 0.1) is 0 Å². The van der Waals surface area contributed by atoms with E-state index in [0.717, 1.165) is 25.0 Å². The van der Waals surface area contributed by atoms with Gasteiger partial charge in [-0.3, -0.25) is 9.69 Å². The van der Waals surface area contributed by atoms with Gasteiger partial charge in [0.1, 0.15) is 6.04 Å². The zero-order chi connectivity index (χ0) is 20.1. The maximum Gasteiger partial charge on any atom is 0.303 e. The fraction of sp³-hybridized carbons (Fsp3) is 0.375. The Morgan fingerprint density at radius 3 is 2.71 bits per heavy atom. The summed E-state index contributed by atoms with van der Waals surface area (Å²) in [5, 5.41) is 11.4. The average molecular weight is 394 g/mol. The molecule has 1 aliphatic rings. The molecule has 1 fully saturated rings. The number of thiophene rings is 1. The number of nitrogens with zero attached hydrogens (tertiary/aromatic N) is 1. The number of aryl methyl sites for hydroxylation is 1. The summed E-state index contributed by atoms with van der Waals surface area (Å²) in [7, 11) is 0. The van der Waals surface area contributed by atoms with Gasteiger partial charge in [0, 0.05) is 23.9 Å². The van der Waals surface area contributed by atoms with E-state index in [1.165, 1.54) is 16.0 Å². The number of allylic oxidation sites excluding steroid dienone is 1. The first-order valence-electron chi connectivity index (χ1n) is 9.68. The second kappa shape index (κ2) is 9.23. The van der Waals surface area contributed by atoms with Gasteiger partial charge in [0.2, 0.25) is 0 Å². The van der Waals surface area contributed by atoms with E-state index in [-0.39, 0.29) is 24.4 Å². The Kier molecular flexibility index (Phi) is 6.72. The van der Waals surface area contributed by atoms with Crippen LogP contribution in [0.1, 0.15) is 54.3 Å². The number of piperidine rings is 1. The molecule has 0 aliphatic carbocycles. The minimum Gasteiger partial charge on any atom is -0.481 e. The lowest BCUT2D eigenvalue weighted by Crippen LogP contribution is -2.39. The molecule has 0 radical (unpaired) electrons. The minimum atomic E-state index is -0.710. The third kappa shape index (κ3) is 5.13. The van der Waals surface area contributed by atoms with Gasteiger partial charge in [0.25, 0.3) is 0 Å². The van der Waals surface area contributed by atoms with Crippen molar-refractivity contribution in [1.82, 2.24) is 4.90 Å². The molecule has 146 valence electrons. The average Bonchev–Trinajstić information content (AvgIpc) is 3.17. The molecule has 0 amide bonds. The first-order valence-corrected chi connectivity index (χ1v) is 10.6. The van der Waals surface area contributed by atoms with E-state index in [2.05, 4.69) is 72.0 Å². The number of hydrogen-bond acceptors (Lipinski definition) is 3. The van der Waals surface area contributed by atoms with Gasteiger partial charge in [-0.15, -0.1) is 11.3 Å². The highest BCUT2D eigenvalue weighted by Crippen LogP contribution is 2.41. The van der Waals surface area contributed by atoms with Crippen molar-refractivity contribution in [3.8, 4) is 11.8 Å². The van der Waals surface area contributed by atoms with Crippen LogP contribution in [0, 0.1) is 24.7 Å². The highest BCUT2D eigenvalue weighted by Gasteiger charge is 2.35. The van der Waals surface area contributed by atoms with Gasteiger partial charge in [-0.25, -0.2) is 0 Å². The number of likely N-dealkylation sites (tertiary alicyclic amines) is 1. The van der Waals surface area contributed by atoms with E-state index >= 15 is 0 Å². The number of aliphatic carboxylic acids is 1. The Hall–Kier alpha value is -2.35. The number of carboxylic acids is 1. The summed E-state index contributed by atoms with van der Waals surface area (Å²) in [5.74, 6) is 6.09. The zero-order valence-corrected chi connectivity index (χ0v) is 17.3. The fourth-order valence-electron chi connectivity index (χ4n) is 3.87. The molecule has 1 aliphatic heterocycles. The van der Waals surface area contributed by atoms with Crippen molar-refractivity contribution < 1.29 is 9.90 Å². The summed E-state index contributed by atoms with van der Waals surface area (Å²) in [6.45, 7) is 8.78. The molecule has 2 aromatic rings. The van der Waals surface area contributed by atoms with Crippen LogP contribution in [-0.2, 0) is 4.79 Å². The standard InChI is InChI=1S/C24H27NO2S/c1-17(2)6-11-21(23-5-4-14-28-23)25-13-12-19(16-24(26)27)15-22(25)20-9-7-18(3)8-10-20/h4-5,7-10,14,19,21-22H,1,12-13,15-16H2,2-3H3,(H,26,27)/t19-,21-,22+/m1/s1. The lowest BCUT2D eigenvalue weighted by atomic mass is 9.84. The van der Waals surface area contributed by atoms with E-state index in [4.69, 9.17) is 0 Å². The Balaban J connectivity index is 1.97. The Morgan fingerprint density at radius 1 is 1.36 bits per heavy atom. The van der Waals surface area contributed by atoms with Gasteiger partial charge in [-0.2, -0.15) is 0 Å². The van der Waals surface area contributed by atoms with E-state index in [9.17, 15) is 9.90 Å². The number of hydrogen-bond donors (Lipinski definition) is 1. The predicted octanol–water partition coefficient (Wildman–Crippen LogP) is 5.61. The Bertz CT molecular complexity index is 874. The van der Waals surface area contributed by atoms with Crippen molar-refractivity contribution in [2.45, 2.75) is 45.2 Å². The molecule has 0 spiro atoms. The Labute approximate surface area is 171 Å². The molecule has 28 heavy (non-hydrogen) atoms. The fourth-order valence-corrected chi connectivity index (χ4v) is 4.66. The van der Waals surface area contributed by atoms with Crippen LogP contribution in [0.15, 0.2) is 53.9 Å². The molecule has 2 heterocycles. The third-order valence-electron chi connectivity index (χ3n) is 5.24. The van der Waals surface area contributed by atoms with Gasteiger partial charge in [0.15, 0.2) is 0 Å². The molecule has 1 aromatic heterocycles. The van der Waals surface area contributed by atoms with Crippen LogP contribution in [0.4, 0.5) is 0 Å². The van der Waals surface area contributed by atoms with Crippen LogP contribution in [0.5, 0.6) is 0 Å². The predicted molar refractivity (Wildman–Crippen MR) is 115 cm³/mol. The summed E-state index contributed by atoms with van der Waals surface area (Å²) < 4.78 is 0. The van der Waals surface area contributed by atoms with Gasteiger partial charge in [-0.1, -0.05) is 54.3 Å². The number of benzene rings is 1. The van der Waals surface area contributed by atoms with Crippen molar-refractivity contribution in [2.24, 2.45) is 5.92 Å². The van der Waals surface area contributed by atoms with Crippen LogP contribution < -0.4 is 0 Å². The second-order valence-electron chi connectivity index (χ2n) is 7.62. The lowest BCUT2D eigenvalue weighted by molar-refractivity contribution is -0.138. The van der Waals surface area contributed by atoms with E-state index in [1.54, 1.807) is 11.3 Å². The molecular weight excluding hydrogens is 366 g/mol. The summed E-state index contributed by atoms with van der Waals surface area (Å²) >= 11 is 1.72. The molecule has 1 N–H and O–H groups in total. The van der Waals surface area contributed by atoms with Crippen LogP contribution in [0.2, 0.25) is 0 Å². The summed E-state index contributed by atoms with van der Waals surface area (Å²) in [4.78, 5) is 15.0. The van der Waals surface area contributed by atoms with Crippen molar-refractivity contribution >= 4 is 17.3 Å². The minimum absolute atomic E-state index is 0.00576. The van der Waals surface area contributed by atoms with Crippen molar-refractivity contribution in [1.29, 1.82) is 0 Å². The summed E-state index contributed by atoms with van der Waals surface area (Å²) in [6.07, 6.45) is 1.95. The SMILES string of the molecule is C=C(C)C#C[C@H](c1cccs1)N1CC[C@@H](CC(=O)O)C[C@H]1c1ccc(C)cc1. The van der Waals surface area contributed by atoms with E-state index in [0.29, 0.717) is 0 Å². The Morgan fingerprint density at radius 2 is 2.11 bits per heavy atom. The second-order valence-corrected chi connectivity index (χ2v) is 8.60. The molecule has 0 saturated carbocycles. The highest BCUT2D eigenvalue weighted by atomic mass is 32.1. The quantitative estimate of drug-likeness (QED) is 0.672. The monoisotopic (exact) mass is 393 g/mol. The smallest absolute Gasteiger partial charge is 0.303 e. The molecule has 3 nitrogen and oxygen atoms in total. The number of carbonyl (C=O) groups is 1. The number of carboxylic acid groups (broad SMARTS) is 1. The van der Waals surface area contributed by atoms with E-state index < -0.39 is 5.97 Å². The molecule has 1 aromatic carbocycles. The third-order valence-corrected chi connectivity index (χ3v) is 6.17. The zero-order valence-electron chi connectivity index (χ0n) is 16.5. The first-order chi connectivity index (χ1) is 13.4. The van der Waals surface area contributed by atoms with Gasteiger partial charge < -0.3 is 5.11 Å². The molecule has 0 bridgehead atoms. The molecule has 4 heteroatoms. The maximum absolute atomic E-state index is 11.3. The maximum atomic E-state index is 11.3. The lowest BCUT2D eigenvalue weighted by Gasteiger charge is -2.42. The van der Waals surface area contributed by atoms with Crippen LogP contribution in [-0.4, -0.2) is 22.5 Å². The van der Waals surface area contributed by atoms with Crippen LogP contribution in [0.3, 0.4) is 0 Å². The molecular formula is C24H27NO2S. The largest absolute Gasteiger partial charge is 0.481 e. The van der Waals surface area contributed by atoms with Crippen LogP contribution >= 0.6 is 11.3 Å². The normalized spacial score (nSPS) is 20.8. The molecule has 3 atom stereocenters. The van der Waals surface area contributed by atoms with Gasteiger partial charge in [-0.05, 0) is 55.2 Å².